The lowest BCUT2D eigenvalue weighted by atomic mass is 10.2. The fourth-order valence-electron chi connectivity index (χ4n) is 4.03. The second kappa shape index (κ2) is 10.3. The van der Waals surface area contributed by atoms with E-state index in [0.29, 0.717) is 28.4 Å². The Kier molecular flexibility index (Phi) is 7.16. The van der Waals surface area contributed by atoms with Crippen LogP contribution >= 0.6 is 0 Å². The highest BCUT2D eigenvalue weighted by Crippen LogP contribution is 2.31. The second-order valence-corrected chi connectivity index (χ2v) is 10.2. The van der Waals surface area contributed by atoms with Crippen molar-refractivity contribution >= 4 is 33.0 Å². The number of nitrogens with one attached hydrogen (secondary N) is 1. The molecule has 3 aromatic rings. The molecule has 0 spiro atoms. The maximum atomic E-state index is 13.1. The first-order valence-electron chi connectivity index (χ1n) is 11.3. The molecule has 3 aromatic carbocycles. The van der Waals surface area contributed by atoms with Gasteiger partial charge in [-0.3, -0.25) is 9.10 Å². The van der Waals surface area contributed by atoms with Crippen molar-refractivity contribution in [3.8, 4) is 11.5 Å². The van der Waals surface area contributed by atoms with Crippen molar-refractivity contribution in [3.05, 3.63) is 72.3 Å². The highest BCUT2D eigenvalue weighted by Gasteiger charge is 2.23. The number of amides is 1. The van der Waals surface area contributed by atoms with Crippen molar-refractivity contribution in [1.29, 1.82) is 0 Å². The minimum atomic E-state index is -3.85. The van der Waals surface area contributed by atoms with Gasteiger partial charge in [0.1, 0.15) is 0 Å². The predicted octanol–water partition coefficient (Wildman–Crippen LogP) is 4.38. The molecule has 1 saturated heterocycles. The van der Waals surface area contributed by atoms with Gasteiger partial charge in [0, 0.05) is 43.1 Å². The van der Waals surface area contributed by atoms with E-state index in [0.717, 1.165) is 23.1 Å². The summed E-state index contributed by atoms with van der Waals surface area (Å²) >= 11 is 0. The number of ether oxygens (including phenoxy) is 2. The Bertz CT molecular complexity index is 1290. The normalized spacial score (nSPS) is 13.4. The van der Waals surface area contributed by atoms with Crippen molar-refractivity contribution in [2.24, 2.45) is 0 Å². The molecule has 184 valence electrons. The van der Waals surface area contributed by atoms with Gasteiger partial charge in [-0.25, -0.2) is 8.42 Å². The van der Waals surface area contributed by atoms with Gasteiger partial charge in [0.05, 0.1) is 24.8 Å². The van der Waals surface area contributed by atoms with Crippen LogP contribution in [0.1, 0.15) is 23.2 Å². The fraction of sp³-hybridized carbons (Fsp3) is 0.269. The Morgan fingerprint density at radius 1 is 0.886 bits per heavy atom. The predicted molar refractivity (Wildman–Crippen MR) is 137 cm³/mol. The summed E-state index contributed by atoms with van der Waals surface area (Å²) < 4.78 is 37.8. The average molecular weight is 496 g/mol. The molecule has 1 fully saturated rings. The third kappa shape index (κ3) is 5.19. The van der Waals surface area contributed by atoms with Crippen LogP contribution in [0, 0.1) is 0 Å². The molecule has 0 atom stereocenters. The Morgan fingerprint density at radius 3 is 2.11 bits per heavy atom. The zero-order chi connectivity index (χ0) is 25.0. The fourth-order valence-corrected chi connectivity index (χ4v) is 5.24. The van der Waals surface area contributed by atoms with Crippen LogP contribution in [-0.2, 0) is 10.0 Å². The molecule has 1 N–H and O–H groups in total. The van der Waals surface area contributed by atoms with Crippen LogP contribution in [0.3, 0.4) is 0 Å². The third-order valence-corrected chi connectivity index (χ3v) is 7.88. The van der Waals surface area contributed by atoms with E-state index in [1.54, 1.807) is 30.3 Å². The zero-order valence-electron chi connectivity index (χ0n) is 20.0. The van der Waals surface area contributed by atoms with E-state index in [4.69, 9.17) is 9.47 Å². The SMILES string of the molecule is COc1ccc(S(=O)(=O)N(C)c2ccc(C(=O)Nc3ccc(N4CCCC4)cc3)cc2)cc1OC. The number of carbonyl (C=O) groups is 1. The van der Waals surface area contributed by atoms with Crippen molar-refractivity contribution in [1.82, 2.24) is 0 Å². The molecule has 1 amide bonds. The minimum absolute atomic E-state index is 0.0665. The Labute approximate surface area is 206 Å². The Balaban J connectivity index is 1.45. The van der Waals surface area contributed by atoms with E-state index < -0.39 is 10.0 Å². The van der Waals surface area contributed by atoms with Gasteiger partial charge in [-0.05, 0) is 73.5 Å². The number of nitrogens with zero attached hydrogens (tertiary/aromatic N) is 2. The zero-order valence-corrected chi connectivity index (χ0v) is 20.8. The molecule has 9 heteroatoms. The summed E-state index contributed by atoms with van der Waals surface area (Å²) in [6.07, 6.45) is 2.42. The third-order valence-electron chi connectivity index (χ3n) is 6.10. The minimum Gasteiger partial charge on any atom is -0.493 e. The maximum Gasteiger partial charge on any atom is 0.264 e. The first kappa shape index (κ1) is 24.4. The molecule has 1 heterocycles. The van der Waals surface area contributed by atoms with Crippen LogP contribution in [-0.4, -0.2) is 48.7 Å². The topological polar surface area (TPSA) is 88.2 Å². The lowest BCUT2D eigenvalue weighted by Gasteiger charge is -2.20. The summed E-state index contributed by atoms with van der Waals surface area (Å²) in [6.45, 7) is 2.13. The van der Waals surface area contributed by atoms with Gasteiger partial charge in [-0.2, -0.15) is 0 Å². The van der Waals surface area contributed by atoms with Crippen LogP contribution in [0.5, 0.6) is 11.5 Å². The van der Waals surface area contributed by atoms with E-state index in [9.17, 15) is 13.2 Å². The second-order valence-electron chi connectivity index (χ2n) is 8.23. The molecule has 4 rings (SSSR count). The van der Waals surface area contributed by atoms with E-state index in [-0.39, 0.29) is 10.8 Å². The molecular weight excluding hydrogens is 466 g/mol. The lowest BCUT2D eigenvalue weighted by molar-refractivity contribution is 0.102. The molecule has 1 aliphatic heterocycles. The van der Waals surface area contributed by atoms with Gasteiger partial charge in [0.2, 0.25) is 0 Å². The summed E-state index contributed by atoms with van der Waals surface area (Å²) in [7, 11) is 0.546. The van der Waals surface area contributed by atoms with Crippen LogP contribution in [0.25, 0.3) is 0 Å². The number of hydrogen-bond donors (Lipinski definition) is 1. The average Bonchev–Trinajstić information content (AvgIpc) is 3.43. The van der Waals surface area contributed by atoms with E-state index >= 15 is 0 Å². The molecule has 35 heavy (non-hydrogen) atoms. The number of carbonyl (C=O) groups excluding carboxylic acids is 1. The largest absolute Gasteiger partial charge is 0.493 e. The summed E-state index contributed by atoms with van der Waals surface area (Å²) in [5, 5.41) is 2.89. The van der Waals surface area contributed by atoms with Gasteiger partial charge in [0.25, 0.3) is 15.9 Å². The molecule has 0 unspecified atom stereocenters. The first-order valence-corrected chi connectivity index (χ1v) is 12.7. The maximum absolute atomic E-state index is 13.1. The van der Waals surface area contributed by atoms with Crippen LogP contribution in [0.2, 0.25) is 0 Å². The lowest BCUT2D eigenvalue weighted by Crippen LogP contribution is -2.26. The van der Waals surface area contributed by atoms with Crippen molar-refractivity contribution in [2.75, 3.05) is 48.9 Å². The highest BCUT2D eigenvalue weighted by atomic mass is 32.2. The number of rotatable bonds is 8. The number of methoxy groups -OCH3 is 2. The van der Waals surface area contributed by atoms with E-state index in [1.165, 1.54) is 46.2 Å². The van der Waals surface area contributed by atoms with Crippen molar-refractivity contribution in [2.45, 2.75) is 17.7 Å². The molecule has 8 nitrogen and oxygen atoms in total. The van der Waals surface area contributed by atoms with Gasteiger partial charge >= 0.3 is 0 Å². The van der Waals surface area contributed by atoms with Gasteiger partial charge < -0.3 is 19.7 Å². The number of benzene rings is 3. The van der Waals surface area contributed by atoms with Gasteiger partial charge in [-0.15, -0.1) is 0 Å². The van der Waals surface area contributed by atoms with E-state index in [1.807, 2.05) is 24.3 Å². The van der Waals surface area contributed by atoms with Crippen LogP contribution in [0.4, 0.5) is 17.1 Å². The molecule has 0 aromatic heterocycles. The molecule has 1 aliphatic rings. The summed E-state index contributed by atoms with van der Waals surface area (Å²) in [5.74, 6) is 0.494. The summed E-state index contributed by atoms with van der Waals surface area (Å²) in [4.78, 5) is 15.1. The van der Waals surface area contributed by atoms with Crippen LogP contribution < -0.4 is 24.0 Å². The van der Waals surface area contributed by atoms with Crippen molar-refractivity contribution in [3.63, 3.8) is 0 Å². The van der Waals surface area contributed by atoms with Crippen LogP contribution in [0.15, 0.2) is 71.6 Å². The molecular formula is C26H29N3O5S. The monoisotopic (exact) mass is 495 g/mol. The standard InChI is InChI=1S/C26H29N3O5S/c1-28(35(31,32)23-14-15-24(33-2)25(18-23)34-3)21-10-6-19(7-11-21)26(30)27-20-8-12-22(13-9-20)29-16-4-5-17-29/h6-15,18H,4-5,16-17H2,1-3H3,(H,27,30). The molecule has 0 bridgehead atoms. The number of sulfonamides is 1. The molecule has 0 saturated carbocycles. The highest BCUT2D eigenvalue weighted by molar-refractivity contribution is 7.92. The molecule has 0 radical (unpaired) electrons. The first-order chi connectivity index (χ1) is 16.8. The number of anilines is 3. The molecule has 0 aliphatic carbocycles. The summed E-state index contributed by atoms with van der Waals surface area (Å²) in [6, 6.07) is 18.6. The Morgan fingerprint density at radius 2 is 1.51 bits per heavy atom. The van der Waals surface area contributed by atoms with E-state index in [2.05, 4.69) is 10.2 Å². The van der Waals surface area contributed by atoms with Gasteiger partial charge in [-0.1, -0.05) is 0 Å². The van der Waals surface area contributed by atoms with Gasteiger partial charge in [0.15, 0.2) is 11.5 Å². The smallest absolute Gasteiger partial charge is 0.264 e. The Hall–Kier alpha value is -3.72. The summed E-state index contributed by atoms with van der Waals surface area (Å²) in [5.41, 5.74) is 2.71. The number of hydrogen-bond acceptors (Lipinski definition) is 6. The quantitative estimate of drug-likeness (QED) is 0.499. The van der Waals surface area contributed by atoms with Crippen molar-refractivity contribution < 1.29 is 22.7 Å².